The van der Waals surface area contributed by atoms with E-state index in [-0.39, 0.29) is 12.4 Å². The van der Waals surface area contributed by atoms with Crippen LogP contribution < -0.4 is 15.0 Å². The van der Waals surface area contributed by atoms with Gasteiger partial charge in [0.2, 0.25) is 0 Å². The molecule has 2 aromatic heterocycles. The quantitative estimate of drug-likeness (QED) is 0.542. The Morgan fingerprint density at radius 2 is 2.09 bits per heavy atom. The Labute approximate surface area is 197 Å². The molecule has 5 rings (SSSR count). The zero-order valence-corrected chi connectivity index (χ0v) is 19.3. The smallest absolute Gasteiger partial charge is 0.290 e. The lowest BCUT2D eigenvalue weighted by atomic mass is 10.1. The number of carbonyl (C=O) groups is 2. The molecule has 0 saturated carbocycles. The number of fused-ring (bicyclic) bond motifs is 2. The first-order valence-electron chi connectivity index (χ1n) is 11.3. The lowest BCUT2D eigenvalue weighted by Gasteiger charge is -2.37. The van der Waals surface area contributed by atoms with E-state index in [2.05, 4.69) is 30.4 Å². The summed E-state index contributed by atoms with van der Waals surface area (Å²) >= 11 is 0. The molecule has 0 bridgehead atoms. The molecule has 180 valence electrons. The molecule has 2 N–H and O–H groups in total. The highest BCUT2D eigenvalue weighted by atomic mass is 16.5. The van der Waals surface area contributed by atoms with E-state index in [1.54, 1.807) is 16.8 Å². The molecule has 2 fully saturated rings. The van der Waals surface area contributed by atoms with Gasteiger partial charge >= 0.3 is 0 Å². The summed E-state index contributed by atoms with van der Waals surface area (Å²) in [7, 11) is 1.85. The summed E-state index contributed by atoms with van der Waals surface area (Å²) in [5.41, 5.74) is 1.24. The van der Waals surface area contributed by atoms with E-state index in [0.29, 0.717) is 29.8 Å². The van der Waals surface area contributed by atoms with Gasteiger partial charge in [-0.1, -0.05) is 0 Å². The molecule has 0 aliphatic carbocycles. The average Bonchev–Trinajstić information content (AvgIpc) is 3.44. The number of carboxylic acid groups (broad SMARTS) is 1. The second kappa shape index (κ2) is 10.5. The van der Waals surface area contributed by atoms with Crippen molar-refractivity contribution >= 4 is 34.9 Å². The van der Waals surface area contributed by atoms with Crippen LogP contribution in [0.4, 0.5) is 11.6 Å². The molecular weight excluding hydrogens is 438 g/mol. The molecule has 0 unspecified atom stereocenters. The van der Waals surface area contributed by atoms with Gasteiger partial charge in [0, 0.05) is 50.4 Å². The van der Waals surface area contributed by atoms with Gasteiger partial charge in [0.15, 0.2) is 11.6 Å². The van der Waals surface area contributed by atoms with Gasteiger partial charge in [-0.25, -0.2) is 0 Å². The van der Waals surface area contributed by atoms with Crippen molar-refractivity contribution in [3.05, 3.63) is 36.0 Å². The van der Waals surface area contributed by atoms with Gasteiger partial charge in [-0.15, -0.1) is 10.2 Å². The summed E-state index contributed by atoms with van der Waals surface area (Å²) in [6, 6.07) is 7.95. The Morgan fingerprint density at radius 1 is 1.26 bits per heavy atom. The largest absolute Gasteiger partial charge is 0.493 e. The molecule has 1 amide bonds. The molecule has 2 saturated heterocycles. The van der Waals surface area contributed by atoms with Crippen LogP contribution in [-0.4, -0.2) is 81.2 Å². The van der Waals surface area contributed by atoms with E-state index >= 15 is 0 Å². The second-order valence-corrected chi connectivity index (χ2v) is 8.26. The highest BCUT2D eigenvalue weighted by Gasteiger charge is 2.31. The van der Waals surface area contributed by atoms with Gasteiger partial charge in [0.05, 0.1) is 17.7 Å². The molecule has 1 aromatic carbocycles. The first-order valence-corrected chi connectivity index (χ1v) is 11.3. The van der Waals surface area contributed by atoms with Crippen molar-refractivity contribution in [2.75, 3.05) is 43.0 Å². The van der Waals surface area contributed by atoms with Crippen LogP contribution in [0.25, 0.3) is 10.9 Å². The van der Waals surface area contributed by atoms with E-state index in [1.165, 1.54) is 19.4 Å². The number of rotatable bonds is 5. The number of anilines is 2. The third kappa shape index (κ3) is 5.09. The first kappa shape index (κ1) is 23.4. The van der Waals surface area contributed by atoms with E-state index in [9.17, 15) is 4.79 Å². The highest BCUT2D eigenvalue weighted by molar-refractivity contribution is 6.08. The molecule has 4 heterocycles. The SMILES string of the molecule is CCOc1cc2nn(C)cc2cc1C(=O)Nc1ccc(N2CCN3CCC[C@@H]3C2)nn1.O=CO. The van der Waals surface area contributed by atoms with Crippen LogP contribution in [0.5, 0.6) is 5.75 Å². The average molecular weight is 468 g/mol. The van der Waals surface area contributed by atoms with E-state index in [4.69, 9.17) is 14.6 Å². The maximum absolute atomic E-state index is 13.0. The minimum Gasteiger partial charge on any atom is -0.493 e. The normalized spacial score (nSPS) is 17.6. The Bertz CT molecular complexity index is 1150. The number of nitrogens with one attached hydrogen (secondary N) is 1. The maximum Gasteiger partial charge on any atom is 0.290 e. The van der Waals surface area contributed by atoms with Crippen molar-refractivity contribution in [2.24, 2.45) is 7.05 Å². The number of hydrogen-bond acceptors (Lipinski definition) is 8. The number of carbonyl (C=O) groups excluding carboxylic acids is 1. The fraction of sp³-hybridized carbons (Fsp3) is 0.435. The summed E-state index contributed by atoms with van der Waals surface area (Å²) in [5.74, 6) is 1.50. The number of hydrogen-bond donors (Lipinski definition) is 2. The number of aryl methyl sites for hydroxylation is 1. The van der Waals surface area contributed by atoms with Crippen molar-refractivity contribution in [1.82, 2.24) is 24.9 Å². The van der Waals surface area contributed by atoms with Gasteiger partial charge < -0.3 is 20.1 Å². The summed E-state index contributed by atoms with van der Waals surface area (Å²) in [6.07, 6.45) is 4.41. The second-order valence-electron chi connectivity index (χ2n) is 8.26. The van der Waals surface area contributed by atoms with Crippen LogP contribution in [-0.2, 0) is 11.8 Å². The number of nitrogens with zero attached hydrogens (tertiary/aromatic N) is 6. The van der Waals surface area contributed by atoms with Gasteiger partial charge in [-0.05, 0) is 44.5 Å². The Balaban J connectivity index is 0.000000868. The fourth-order valence-corrected chi connectivity index (χ4v) is 4.57. The summed E-state index contributed by atoms with van der Waals surface area (Å²) in [5, 5.41) is 23.6. The van der Waals surface area contributed by atoms with Crippen LogP contribution in [0.2, 0.25) is 0 Å². The Kier molecular flexibility index (Phi) is 7.21. The minimum atomic E-state index is -0.282. The fourth-order valence-electron chi connectivity index (χ4n) is 4.57. The minimum absolute atomic E-state index is 0.250. The molecule has 2 aliphatic heterocycles. The number of benzene rings is 1. The predicted octanol–water partition coefficient (Wildman–Crippen LogP) is 2.00. The predicted molar refractivity (Wildman–Crippen MR) is 127 cm³/mol. The number of ether oxygens (including phenoxy) is 1. The van der Waals surface area contributed by atoms with Crippen molar-refractivity contribution < 1.29 is 19.4 Å². The van der Waals surface area contributed by atoms with E-state index in [1.807, 2.05) is 32.3 Å². The number of piperazine rings is 1. The molecule has 11 nitrogen and oxygen atoms in total. The topological polar surface area (TPSA) is 126 Å². The van der Waals surface area contributed by atoms with Crippen LogP contribution in [0, 0.1) is 0 Å². The van der Waals surface area contributed by atoms with Crippen LogP contribution in [0.3, 0.4) is 0 Å². The molecule has 11 heteroatoms. The molecule has 3 aromatic rings. The summed E-state index contributed by atoms with van der Waals surface area (Å²) in [6.45, 7) is 6.33. The van der Waals surface area contributed by atoms with Crippen molar-refractivity contribution in [3.63, 3.8) is 0 Å². The first-order chi connectivity index (χ1) is 16.5. The third-order valence-corrected chi connectivity index (χ3v) is 6.07. The highest BCUT2D eigenvalue weighted by Crippen LogP contribution is 2.27. The lowest BCUT2D eigenvalue weighted by Crippen LogP contribution is -2.50. The molecule has 0 radical (unpaired) electrons. The monoisotopic (exact) mass is 467 g/mol. The van der Waals surface area contributed by atoms with Gasteiger partial charge in [0.1, 0.15) is 5.75 Å². The zero-order chi connectivity index (χ0) is 24.1. The van der Waals surface area contributed by atoms with Crippen molar-refractivity contribution in [3.8, 4) is 5.75 Å². The maximum atomic E-state index is 13.0. The van der Waals surface area contributed by atoms with E-state index < -0.39 is 0 Å². The van der Waals surface area contributed by atoms with Gasteiger partial charge in [-0.3, -0.25) is 19.2 Å². The molecular formula is C23H29N7O4. The summed E-state index contributed by atoms with van der Waals surface area (Å²) < 4.78 is 7.41. The number of aromatic nitrogens is 4. The van der Waals surface area contributed by atoms with Gasteiger partial charge in [-0.2, -0.15) is 5.10 Å². The van der Waals surface area contributed by atoms with Gasteiger partial charge in [0.25, 0.3) is 12.4 Å². The molecule has 0 spiro atoms. The van der Waals surface area contributed by atoms with Crippen molar-refractivity contribution in [2.45, 2.75) is 25.8 Å². The zero-order valence-electron chi connectivity index (χ0n) is 19.3. The third-order valence-electron chi connectivity index (χ3n) is 6.07. The molecule has 34 heavy (non-hydrogen) atoms. The summed E-state index contributed by atoms with van der Waals surface area (Å²) in [4.78, 5) is 26.2. The lowest BCUT2D eigenvalue weighted by molar-refractivity contribution is -0.122. The van der Waals surface area contributed by atoms with Crippen LogP contribution in [0.15, 0.2) is 30.5 Å². The molecule has 2 aliphatic rings. The van der Waals surface area contributed by atoms with Crippen molar-refractivity contribution in [1.29, 1.82) is 0 Å². The van der Waals surface area contributed by atoms with E-state index in [0.717, 1.165) is 36.4 Å². The van der Waals surface area contributed by atoms with Crippen LogP contribution in [0.1, 0.15) is 30.1 Å². The Morgan fingerprint density at radius 3 is 2.82 bits per heavy atom. The number of amides is 1. The Hall–Kier alpha value is -3.73. The standard InChI is InChI=1S/C22H27N7O2.CH2O2/c1-3-31-19-12-18-15(13-27(2)26-18)11-17(19)22(30)23-20-6-7-21(25-24-20)29-10-9-28-8-4-5-16(28)14-29;2-1-3/h6-7,11-13,16H,3-5,8-10,14H2,1-2H3,(H,23,24,30);1H,(H,2,3)/t16-;/m1./s1. The molecule has 1 atom stereocenters. The van der Waals surface area contributed by atoms with Crippen LogP contribution >= 0.6 is 0 Å².